The Morgan fingerprint density at radius 1 is 1.42 bits per heavy atom. The molecule has 1 saturated heterocycles. The van der Waals surface area contributed by atoms with Crippen LogP contribution in [0.3, 0.4) is 0 Å². The number of nitrogens with one attached hydrogen (secondary N) is 1. The monoisotopic (exact) mass is 269 g/mol. The second-order valence-electron chi connectivity index (χ2n) is 5.89. The Hall–Kier alpha value is -1.10. The molecule has 0 bridgehead atoms. The molecule has 1 rings (SSSR count). The van der Waals surface area contributed by atoms with E-state index in [1.165, 1.54) is 6.92 Å². The van der Waals surface area contributed by atoms with Gasteiger partial charge in [0, 0.05) is 32.6 Å². The van der Waals surface area contributed by atoms with Crippen molar-refractivity contribution in [1.82, 2.24) is 10.2 Å². The summed E-state index contributed by atoms with van der Waals surface area (Å²) in [6, 6.07) is 0.0904. The number of nitrogens with zero attached hydrogens (tertiary/aromatic N) is 1. The van der Waals surface area contributed by atoms with Crippen LogP contribution < -0.4 is 11.1 Å². The molecular formula is C14H27N3O2. The van der Waals surface area contributed by atoms with Crippen molar-refractivity contribution in [1.29, 1.82) is 0 Å². The normalized spacial score (nSPS) is 21.3. The van der Waals surface area contributed by atoms with E-state index in [1.807, 2.05) is 4.90 Å². The predicted octanol–water partition coefficient (Wildman–Crippen LogP) is 0.735. The molecule has 0 aromatic rings. The van der Waals surface area contributed by atoms with E-state index in [1.54, 1.807) is 0 Å². The number of hydrogen-bond donors (Lipinski definition) is 2. The fourth-order valence-corrected chi connectivity index (χ4v) is 2.71. The first-order valence-corrected chi connectivity index (χ1v) is 7.20. The molecule has 0 aromatic carbocycles. The molecule has 2 atom stereocenters. The van der Waals surface area contributed by atoms with Gasteiger partial charge in [0.05, 0.1) is 5.92 Å². The molecule has 110 valence electrons. The standard InChI is InChI=1S/C14H27N3O2/c1-10(2)7-12(8-15)14(19)17-6-4-5-13(9-17)16-11(3)18/h10,12-13H,4-9,15H2,1-3H3,(H,16,18). The third-order valence-electron chi connectivity index (χ3n) is 3.53. The molecule has 1 heterocycles. The van der Waals surface area contributed by atoms with Crippen molar-refractivity contribution in [2.24, 2.45) is 17.6 Å². The van der Waals surface area contributed by atoms with Crippen LogP contribution in [0.5, 0.6) is 0 Å². The highest BCUT2D eigenvalue weighted by Gasteiger charge is 2.28. The summed E-state index contributed by atoms with van der Waals surface area (Å²) in [5.74, 6) is 0.493. The highest BCUT2D eigenvalue weighted by Crippen LogP contribution is 2.17. The van der Waals surface area contributed by atoms with Gasteiger partial charge in [-0.2, -0.15) is 0 Å². The second kappa shape index (κ2) is 7.48. The average Bonchev–Trinajstić information content (AvgIpc) is 2.34. The lowest BCUT2D eigenvalue weighted by atomic mass is 9.94. The van der Waals surface area contributed by atoms with Crippen LogP contribution in [0.1, 0.15) is 40.0 Å². The van der Waals surface area contributed by atoms with E-state index in [2.05, 4.69) is 19.2 Å². The lowest BCUT2D eigenvalue weighted by Crippen LogP contribution is -2.51. The molecule has 0 aromatic heterocycles. The van der Waals surface area contributed by atoms with Gasteiger partial charge in [-0.1, -0.05) is 13.8 Å². The van der Waals surface area contributed by atoms with Crippen molar-refractivity contribution >= 4 is 11.8 Å². The fraction of sp³-hybridized carbons (Fsp3) is 0.857. The molecule has 0 radical (unpaired) electrons. The Kier molecular flexibility index (Phi) is 6.28. The zero-order valence-electron chi connectivity index (χ0n) is 12.3. The van der Waals surface area contributed by atoms with Crippen LogP contribution in [0.15, 0.2) is 0 Å². The van der Waals surface area contributed by atoms with E-state index in [0.29, 0.717) is 19.0 Å². The van der Waals surface area contributed by atoms with E-state index >= 15 is 0 Å². The minimum atomic E-state index is -0.0870. The van der Waals surface area contributed by atoms with Crippen molar-refractivity contribution in [3.63, 3.8) is 0 Å². The van der Waals surface area contributed by atoms with Crippen LogP contribution in [0.2, 0.25) is 0 Å². The molecule has 1 aliphatic rings. The number of carbonyl (C=O) groups is 2. The first kappa shape index (κ1) is 16.0. The molecule has 0 aliphatic carbocycles. The maximum Gasteiger partial charge on any atom is 0.227 e. The van der Waals surface area contributed by atoms with Crippen LogP contribution in [0.25, 0.3) is 0 Å². The highest BCUT2D eigenvalue weighted by molar-refractivity contribution is 5.79. The topological polar surface area (TPSA) is 75.4 Å². The van der Waals surface area contributed by atoms with Gasteiger partial charge >= 0.3 is 0 Å². The number of nitrogens with two attached hydrogens (primary N) is 1. The first-order chi connectivity index (χ1) is 8.93. The van der Waals surface area contributed by atoms with E-state index < -0.39 is 0 Å². The van der Waals surface area contributed by atoms with Crippen LogP contribution in [-0.4, -0.2) is 42.4 Å². The summed E-state index contributed by atoms with van der Waals surface area (Å²) in [5, 5.41) is 2.90. The number of hydrogen-bond acceptors (Lipinski definition) is 3. The Morgan fingerprint density at radius 2 is 2.11 bits per heavy atom. The largest absolute Gasteiger partial charge is 0.352 e. The molecule has 0 saturated carbocycles. The zero-order valence-corrected chi connectivity index (χ0v) is 12.3. The SMILES string of the molecule is CC(=O)NC1CCCN(C(=O)C(CN)CC(C)C)C1. The molecule has 2 amide bonds. The lowest BCUT2D eigenvalue weighted by Gasteiger charge is -2.35. The molecule has 0 spiro atoms. The van der Waals surface area contributed by atoms with Crippen molar-refractivity contribution in [2.75, 3.05) is 19.6 Å². The van der Waals surface area contributed by atoms with Crippen LogP contribution in [-0.2, 0) is 9.59 Å². The number of piperidine rings is 1. The third-order valence-corrected chi connectivity index (χ3v) is 3.53. The lowest BCUT2D eigenvalue weighted by molar-refractivity contribution is -0.137. The van der Waals surface area contributed by atoms with Crippen LogP contribution >= 0.6 is 0 Å². The van der Waals surface area contributed by atoms with Gasteiger partial charge < -0.3 is 16.0 Å². The third kappa shape index (κ3) is 5.19. The number of amides is 2. The smallest absolute Gasteiger partial charge is 0.227 e. The Bertz CT molecular complexity index is 318. The van der Waals surface area contributed by atoms with Gasteiger partial charge in [0.25, 0.3) is 0 Å². The van der Waals surface area contributed by atoms with Gasteiger partial charge in [0.2, 0.25) is 11.8 Å². The number of carbonyl (C=O) groups excluding carboxylic acids is 2. The maximum atomic E-state index is 12.4. The van der Waals surface area contributed by atoms with Gasteiger partial charge in [0.1, 0.15) is 0 Å². The van der Waals surface area contributed by atoms with Crippen molar-refractivity contribution in [2.45, 2.75) is 46.1 Å². The maximum absolute atomic E-state index is 12.4. The van der Waals surface area contributed by atoms with E-state index in [0.717, 1.165) is 25.8 Å². The second-order valence-corrected chi connectivity index (χ2v) is 5.89. The van der Waals surface area contributed by atoms with Gasteiger partial charge in [-0.15, -0.1) is 0 Å². The van der Waals surface area contributed by atoms with Gasteiger partial charge in [0.15, 0.2) is 0 Å². The minimum absolute atomic E-state index is 0.0307. The quantitative estimate of drug-likeness (QED) is 0.773. The number of likely N-dealkylation sites (tertiary alicyclic amines) is 1. The van der Waals surface area contributed by atoms with E-state index in [9.17, 15) is 9.59 Å². The van der Waals surface area contributed by atoms with E-state index in [4.69, 9.17) is 5.73 Å². The summed E-state index contributed by atoms with van der Waals surface area (Å²) in [7, 11) is 0. The summed E-state index contributed by atoms with van der Waals surface area (Å²) in [4.78, 5) is 25.4. The molecule has 19 heavy (non-hydrogen) atoms. The molecule has 1 fully saturated rings. The zero-order chi connectivity index (χ0) is 14.4. The molecular weight excluding hydrogens is 242 g/mol. The minimum Gasteiger partial charge on any atom is -0.352 e. The van der Waals surface area contributed by atoms with Gasteiger partial charge in [-0.25, -0.2) is 0 Å². The van der Waals surface area contributed by atoms with Gasteiger partial charge in [-0.3, -0.25) is 9.59 Å². The molecule has 1 aliphatic heterocycles. The van der Waals surface area contributed by atoms with Crippen molar-refractivity contribution in [3.05, 3.63) is 0 Å². The molecule has 2 unspecified atom stereocenters. The highest BCUT2D eigenvalue weighted by atomic mass is 16.2. The summed E-state index contributed by atoms with van der Waals surface area (Å²) >= 11 is 0. The summed E-state index contributed by atoms with van der Waals surface area (Å²) < 4.78 is 0. The first-order valence-electron chi connectivity index (χ1n) is 7.20. The predicted molar refractivity (Wildman–Crippen MR) is 75.4 cm³/mol. The summed E-state index contributed by atoms with van der Waals surface area (Å²) in [5.41, 5.74) is 5.73. The van der Waals surface area contributed by atoms with E-state index in [-0.39, 0.29) is 23.8 Å². The fourth-order valence-electron chi connectivity index (χ4n) is 2.71. The summed E-state index contributed by atoms with van der Waals surface area (Å²) in [6.07, 6.45) is 2.72. The Morgan fingerprint density at radius 3 is 2.63 bits per heavy atom. The molecule has 3 N–H and O–H groups in total. The van der Waals surface area contributed by atoms with Crippen molar-refractivity contribution in [3.8, 4) is 0 Å². The van der Waals surface area contributed by atoms with Crippen molar-refractivity contribution < 1.29 is 9.59 Å². The van der Waals surface area contributed by atoms with Gasteiger partial charge in [-0.05, 0) is 25.2 Å². The Balaban J connectivity index is 2.57. The van der Waals surface area contributed by atoms with Crippen LogP contribution in [0.4, 0.5) is 0 Å². The number of rotatable bonds is 5. The average molecular weight is 269 g/mol. The molecule has 5 nitrogen and oxygen atoms in total. The molecule has 5 heteroatoms. The van der Waals surface area contributed by atoms with Crippen LogP contribution in [0, 0.1) is 11.8 Å². The Labute approximate surface area is 115 Å². The summed E-state index contributed by atoms with van der Waals surface area (Å²) in [6.45, 7) is 7.52.